The molecule has 1 aliphatic rings. The van der Waals surface area contributed by atoms with Gasteiger partial charge in [0.15, 0.2) is 0 Å². The molecule has 0 nitrogen and oxygen atoms in total. The summed E-state index contributed by atoms with van der Waals surface area (Å²) in [5.74, 6) is 1.37. The Morgan fingerprint density at radius 2 is 1.67 bits per heavy atom. The molecule has 18 heavy (non-hydrogen) atoms. The van der Waals surface area contributed by atoms with Crippen molar-refractivity contribution in [1.82, 2.24) is 0 Å². The molecule has 0 amide bonds. The third kappa shape index (κ3) is 2.08. The lowest BCUT2D eigenvalue weighted by Gasteiger charge is -2.30. The maximum absolute atomic E-state index is 2.36. The fourth-order valence-electron chi connectivity index (χ4n) is 3.20. The molecular formula is C18H20. The van der Waals surface area contributed by atoms with Crippen LogP contribution in [-0.4, -0.2) is 0 Å². The highest BCUT2D eigenvalue weighted by atomic mass is 14.3. The van der Waals surface area contributed by atoms with Crippen LogP contribution in [0.2, 0.25) is 0 Å². The minimum absolute atomic E-state index is 0.682. The van der Waals surface area contributed by atoms with Crippen molar-refractivity contribution in [2.24, 2.45) is 0 Å². The smallest absolute Gasteiger partial charge is 0.0116 e. The highest BCUT2D eigenvalue weighted by Crippen LogP contribution is 2.39. The van der Waals surface area contributed by atoms with Crippen molar-refractivity contribution in [2.45, 2.75) is 38.5 Å². The topological polar surface area (TPSA) is 0 Å². The summed E-state index contributed by atoms with van der Waals surface area (Å²) in [5, 5.41) is 0. The predicted molar refractivity (Wildman–Crippen MR) is 77.1 cm³/mol. The zero-order valence-corrected chi connectivity index (χ0v) is 11.2. The monoisotopic (exact) mass is 236 g/mol. The number of benzene rings is 2. The van der Waals surface area contributed by atoms with E-state index in [9.17, 15) is 0 Å². The van der Waals surface area contributed by atoms with Gasteiger partial charge in [0, 0.05) is 0 Å². The highest BCUT2D eigenvalue weighted by molar-refractivity contribution is 5.36. The van der Waals surface area contributed by atoms with Crippen LogP contribution in [0.1, 0.15) is 47.4 Å². The second kappa shape index (κ2) is 4.61. The molecule has 0 heterocycles. The molecular weight excluding hydrogens is 216 g/mol. The summed E-state index contributed by atoms with van der Waals surface area (Å²) < 4.78 is 0. The van der Waals surface area contributed by atoms with Gasteiger partial charge in [0.25, 0.3) is 0 Å². The minimum atomic E-state index is 0.682. The molecule has 0 fully saturated rings. The molecule has 0 radical (unpaired) electrons. The highest BCUT2D eigenvalue weighted by Gasteiger charge is 2.24. The van der Waals surface area contributed by atoms with Gasteiger partial charge in [0.05, 0.1) is 0 Å². The first-order valence-corrected chi connectivity index (χ1v) is 6.88. The van der Waals surface area contributed by atoms with Gasteiger partial charge >= 0.3 is 0 Å². The Balaban J connectivity index is 1.92. The Kier molecular flexibility index (Phi) is 2.95. The number of hydrogen-bond donors (Lipinski definition) is 0. The first-order valence-electron chi connectivity index (χ1n) is 6.88. The van der Waals surface area contributed by atoms with Crippen molar-refractivity contribution in [2.75, 3.05) is 0 Å². The van der Waals surface area contributed by atoms with E-state index in [0.717, 1.165) is 0 Å². The van der Waals surface area contributed by atoms with Crippen LogP contribution in [-0.2, 0) is 6.42 Å². The normalized spacial score (nSPS) is 22.6. The molecule has 3 rings (SSSR count). The van der Waals surface area contributed by atoms with Gasteiger partial charge < -0.3 is 0 Å². The second-order valence-corrected chi connectivity index (χ2v) is 5.65. The van der Waals surface area contributed by atoms with Gasteiger partial charge in [-0.15, -0.1) is 0 Å². The van der Waals surface area contributed by atoms with E-state index in [-0.39, 0.29) is 0 Å². The Labute approximate surface area is 110 Å². The third-order valence-corrected chi connectivity index (χ3v) is 4.24. The van der Waals surface area contributed by atoms with Crippen LogP contribution in [0.25, 0.3) is 0 Å². The van der Waals surface area contributed by atoms with E-state index in [4.69, 9.17) is 0 Å². The lowest BCUT2D eigenvalue weighted by Crippen LogP contribution is -2.15. The first kappa shape index (κ1) is 11.5. The molecule has 0 spiro atoms. The van der Waals surface area contributed by atoms with E-state index in [2.05, 4.69) is 62.4 Å². The summed E-state index contributed by atoms with van der Waals surface area (Å²) >= 11 is 0. The molecule has 0 saturated carbocycles. The Hall–Kier alpha value is -1.56. The van der Waals surface area contributed by atoms with Crippen LogP contribution >= 0.6 is 0 Å². The van der Waals surface area contributed by atoms with E-state index >= 15 is 0 Å². The average molecular weight is 236 g/mol. The largest absolute Gasteiger partial charge is 0.0620 e. The van der Waals surface area contributed by atoms with Crippen molar-refractivity contribution in [3.63, 3.8) is 0 Å². The second-order valence-electron chi connectivity index (χ2n) is 5.65. The molecule has 2 atom stereocenters. The molecule has 0 aromatic heterocycles. The number of aryl methyl sites for hydroxylation is 1. The zero-order valence-electron chi connectivity index (χ0n) is 11.2. The Morgan fingerprint density at radius 1 is 0.944 bits per heavy atom. The van der Waals surface area contributed by atoms with Gasteiger partial charge in [0.2, 0.25) is 0 Å². The van der Waals surface area contributed by atoms with Crippen molar-refractivity contribution in [3.05, 3.63) is 70.8 Å². The Morgan fingerprint density at radius 3 is 2.44 bits per heavy atom. The lowest BCUT2D eigenvalue weighted by molar-refractivity contribution is 0.517. The molecule has 92 valence electrons. The van der Waals surface area contributed by atoms with Gasteiger partial charge in [-0.1, -0.05) is 61.0 Å². The summed E-state index contributed by atoms with van der Waals surface area (Å²) in [6.07, 6.45) is 2.48. The molecule has 0 N–H and O–H groups in total. The SMILES string of the molecule is Cc1ccc(C2Cc3ccccc3C(C)C2)cc1. The standard InChI is InChI=1S/C18H20/c1-13-7-9-15(10-8-13)17-11-14(2)18-6-4-3-5-16(18)12-17/h3-10,14,17H,11-12H2,1-2H3. The number of rotatable bonds is 1. The fourth-order valence-corrected chi connectivity index (χ4v) is 3.20. The summed E-state index contributed by atoms with van der Waals surface area (Å²) in [4.78, 5) is 0. The minimum Gasteiger partial charge on any atom is -0.0620 e. The molecule has 2 aromatic carbocycles. The quantitative estimate of drug-likeness (QED) is 0.665. The van der Waals surface area contributed by atoms with E-state index in [1.165, 1.54) is 24.0 Å². The molecule has 0 saturated heterocycles. The van der Waals surface area contributed by atoms with E-state index in [1.54, 1.807) is 11.1 Å². The summed E-state index contributed by atoms with van der Waals surface area (Å²) in [6.45, 7) is 4.52. The van der Waals surface area contributed by atoms with Crippen molar-refractivity contribution in [1.29, 1.82) is 0 Å². The summed E-state index contributed by atoms with van der Waals surface area (Å²) in [5.41, 5.74) is 5.95. The Bertz CT molecular complexity index is 536. The number of hydrogen-bond acceptors (Lipinski definition) is 0. The molecule has 0 aliphatic heterocycles. The van der Waals surface area contributed by atoms with Crippen molar-refractivity contribution >= 4 is 0 Å². The van der Waals surface area contributed by atoms with Gasteiger partial charge in [0.1, 0.15) is 0 Å². The summed E-state index contributed by atoms with van der Waals surface area (Å²) in [7, 11) is 0. The molecule has 0 heteroatoms. The maximum Gasteiger partial charge on any atom is -0.0116 e. The average Bonchev–Trinajstić information content (AvgIpc) is 2.39. The molecule has 2 unspecified atom stereocenters. The lowest BCUT2D eigenvalue weighted by atomic mass is 9.75. The molecule has 1 aliphatic carbocycles. The van der Waals surface area contributed by atoms with E-state index in [0.29, 0.717) is 11.8 Å². The number of fused-ring (bicyclic) bond motifs is 1. The van der Waals surface area contributed by atoms with Gasteiger partial charge in [-0.2, -0.15) is 0 Å². The zero-order chi connectivity index (χ0) is 12.5. The van der Waals surface area contributed by atoms with Crippen LogP contribution < -0.4 is 0 Å². The molecule has 0 bridgehead atoms. The van der Waals surface area contributed by atoms with Gasteiger partial charge in [-0.3, -0.25) is 0 Å². The van der Waals surface area contributed by atoms with Crippen LogP contribution in [0.5, 0.6) is 0 Å². The van der Waals surface area contributed by atoms with Crippen LogP contribution in [0.4, 0.5) is 0 Å². The third-order valence-electron chi connectivity index (χ3n) is 4.24. The first-order chi connectivity index (χ1) is 8.74. The van der Waals surface area contributed by atoms with Crippen molar-refractivity contribution in [3.8, 4) is 0 Å². The van der Waals surface area contributed by atoms with Crippen LogP contribution in [0, 0.1) is 6.92 Å². The van der Waals surface area contributed by atoms with E-state index < -0.39 is 0 Å². The van der Waals surface area contributed by atoms with Crippen molar-refractivity contribution < 1.29 is 0 Å². The summed E-state index contributed by atoms with van der Waals surface area (Å²) in [6, 6.07) is 18.0. The van der Waals surface area contributed by atoms with Gasteiger partial charge in [-0.25, -0.2) is 0 Å². The predicted octanol–water partition coefficient (Wildman–Crippen LogP) is 4.83. The maximum atomic E-state index is 2.36. The van der Waals surface area contributed by atoms with Gasteiger partial charge in [-0.05, 0) is 48.3 Å². The van der Waals surface area contributed by atoms with E-state index in [1.807, 2.05) is 0 Å². The van der Waals surface area contributed by atoms with Crippen LogP contribution in [0.15, 0.2) is 48.5 Å². The fraction of sp³-hybridized carbons (Fsp3) is 0.333. The molecule has 2 aromatic rings. The van der Waals surface area contributed by atoms with Crippen LogP contribution in [0.3, 0.4) is 0 Å².